The Labute approximate surface area is 187 Å². The lowest BCUT2D eigenvalue weighted by atomic mass is 10.1. The molecule has 10 heteroatoms. The summed E-state index contributed by atoms with van der Waals surface area (Å²) in [6, 6.07) is 3.97. The normalized spacial score (nSPS) is 14.9. The van der Waals surface area contributed by atoms with Gasteiger partial charge < -0.3 is 4.90 Å². The van der Waals surface area contributed by atoms with Gasteiger partial charge in [0.05, 0.1) is 23.5 Å². The second kappa shape index (κ2) is 10.6. The van der Waals surface area contributed by atoms with E-state index in [4.69, 9.17) is 0 Å². The maximum atomic E-state index is 4.55. The van der Waals surface area contributed by atoms with Crippen molar-refractivity contribution >= 4 is 52.6 Å². The van der Waals surface area contributed by atoms with E-state index >= 15 is 0 Å². The molecule has 0 saturated heterocycles. The molecule has 4 rings (SSSR count). The Kier molecular flexibility index (Phi) is 7.67. The highest BCUT2D eigenvalue weighted by atomic mass is 32.2. The summed E-state index contributed by atoms with van der Waals surface area (Å²) in [5.74, 6) is 2.10. The first kappa shape index (κ1) is 20.9. The summed E-state index contributed by atoms with van der Waals surface area (Å²) in [4.78, 5) is 6.52. The number of hydrogen-bond donors (Lipinski definition) is 0. The number of rotatable bonds is 9. The highest BCUT2D eigenvalue weighted by molar-refractivity contribution is 7.99. The van der Waals surface area contributed by atoms with Gasteiger partial charge in [-0.1, -0.05) is 6.08 Å². The minimum atomic E-state index is 0.950. The predicted molar refractivity (Wildman–Crippen MR) is 124 cm³/mol. The molecule has 0 fully saturated rings. The van der Waals surface area contributed by atoms with Crippen molar-refractivity contribution in [2.45, 2.75) is 29.3 Å². The van der Waals surface area contributed by atoms with Gasteiger partial charge in [-0.05, 0) is 55.5 Å². The van der Waals surface area contributed by atoms with Gasteiger partial charge in [-0.25, -0.2) is 0 Å². The van der Waals surface area contributed by atoms with Crippen molar-refractivity contribution in [3.8, 4) is 11.3 Å². The molecule has 6 nitrogen and oxygen atoms in total. The van der Waals surface area contributed by atoms with Crippen LogP contribution in [0.1, 0.15) is 25.0 Å². The molecule has 0 bridgehead atoms. The molecular weight excluding hydrogens is 441 g/mol. The van der Waals surface area contributed by atoms with E-state index in [-0.39, 0.29) is 0 Å². The van der Waals surface area contributed by atoms with Crippen LogP contribution in [0, 0.1) is 0 Å². The molecule has 152 valence electrons. The molecule has 0 atom stereocenters. The van der Waals surface area contributed by atoms with E-state index in [0.717, 1.165) is 70.9 Å². The van der Waals surface area contributed by atoms with Crippen molar-refractivity contribution in [1.82, 2.24) is 27.4 Å². The molecule has 0 aliphatic carbocycles. The summed E-state index contributed by atoms with van der Waals surface area (Å²) >= 11 is 6.20. The molecule has 0 amide bonds. The third-order valence-corrected chi connectivity index (χ3v) is 7.90. The van der Waals surface area contributed by atoms with E-state index in [1.54, 1.807) is 18.0 Å². The summed E-state index contributed by atoms with van der Waals surface area (Å²) in [5, 5.41) is 2.10. The van der Waals surface area contributed by atoms with Gasteiger partial charge in [-0.2, -0.15) is 17.5 Å². The molecule has 0 aromatic carbocycles. The van der Waals surface area contributed by atoms with Crippen LogP contribution in [0.2, 0.25) is 0 Å². The molecule has 3 aromatic rings. The van der Waals surface area contributed by atoms with Crippen LogP contribution in [0.3, 0.4) is 0 Å². The fourth-order valence-corrected chi connectivity index (χ4v) is 6.43. The molecule has 4 heterocycles. The van der Waals surface area contributed by atoms with E-state index in [1.165, 1.54) is 29.0 Å². The third-order valence-electron chi connectivity index (χ3n) is 4.51. The lowest BCUT2D eigenvalue weighted by Gasteiger charge is -2.22. The van der Waals surface area contributed by atoms with E-state index < -0.39 is 0 Å². The molecule has 0 saturated carbocycles. The van der Waals surface area contributed by atoms with Crippen LogP contribution in [0.15, 0.2) is 40.7 Å². The van der Waals surface area contributed by atoms with Gasteiger partial charge in [-0.3, -0.25) is 4.98 Å². The van der Waals surface area contributed by atoms with Crippen LogP contribution >= 0.6 is 47.0 Å². The Balaban J connectivity index is 1.22. The summed E-state index contributed by atoms with van der Waals surface area (Å²) < 4.78 is 18.0. The zero-order chi connectivity index (χ0) is 19.9. The summed E-state index contributed by atoms with van der Waals surface area (Å²) in [7, 11) is 2.16. The number of unbranched alkanes of at least 4 members (excludes halogenated alkanes) is 1. The number of pyridine rings is 1. The second-order valence-corrected chi connectivity index (χ2v) is 9.96. The fraction of sp³-hybridized carbons (Fsp3) is 0.421. The van der Waals surface area contributed by atoms with E-state index in [0.29, 0.717) is 0 Å². The quantitative estimate of drug-likeness (QED) is 0.331. The van der Waals surface area contributed by atoms with Crippen LogP contribution in [0.25, 0.3) is 16.8 Å². The van der Waals surface area contributed by atoms with Crippen molar-refractivity contribution < 1.29 is 0 Å². The van der Waals surface area contributed by atoms with Gasteiger partial charge >= 0.3 is 0 Å². The smallest absolute Gasteiger partial charge is 0.138 e. The van der Waals surface area contributed by atoms with Gasteiger partial charge in [0.15, 0.2) is 0 Å². The summed E-state index contributed by atoms with van der Waals surface area (Å²) in [5.41, 5.74) is 4.40. The van der Waals surface area contributed by atoms with E-state index in [2.05, 4.69) is 40.5 Å². The molecule has 0 radical (unpaired) electrons. The number of aromatic nitrogens is 5. The monoisotopic (exact) mass is 462 g/mol. The summed E-state index contributed by atoms with van der Waals surface area (Å²) in [6.07, 6.45) is 9.32. The number of nitrogens with zero attached hydrogens (tertiary/aromatic N) is 6. The average Bonchev–Trinajstić information content (AvgIpc) is 3.41. The first-order valence-electron chi connectivity index (χ1n) is 9.50. The highest BCUT2D eigenvalue weighted by Crippen LogP contribution is 2.31. The standard InChI is InChI=1S/C19H22N6S4/c1-25-9-5-7-15(13-25)17-19(24-29-22-17)27-11-3-2-10-26-18-16(21-28-23-18)14-6-4-8-20-12-14/h4,6-8,12H,2-3,5,9-11,13H2,1H3. The first-order valence-corrected chi connectivity index (χ1v) is 12.9. The van der Waals surface area contributed by atoms with Crippen LogP contribution in [0.5, 0.6) is 0 Å². The molecule has 0 unspecified atom stereocenters. The number of thioether (sulfide) groups is 2. The third kappa shape index (κ3) is 5.64. The van der Waals surface area contributed by atoms with Crippen molar-refractivity contribution in [2.75, 3.05) is 31.6 Å². The molecule has 0 spiro atoms. The average molecular weight is 463 g/mol. The predicted octanol–water partition coefficient (Wildman–Crippen LogP) is 4.84. The van der Waals surface area contributed by atoms with Crippen LogP contribution in [-0.4, -0.2) is 59.0 Å². The Morgan fingerprint density at radius 1 is 1.00 bits per heavy atom. The van der Waals surface area contributed by atoms with Crippen LogP contribution < -0.4 is 0 Å². The Bertz CT molecular complexity index is 939. The molecule has 0 N–H and O–H groups in total. The van der Waals surface area contributed by atoms with Gasteiger partial charge in [-0.15, -0.1) is 23.5 Å². The van der Waals surface area contributed by atoms with Gasteiger partial charge in [0.1, 0.15) is 21.4 Å². The van der Waals surface area contributed by atoms with Crippen molar-refractivity contribution in [3.05, 3.63) is 36.3 Å². The first-order chi connectivity index (χ1) is 14.3. The van der Waals surface area contributed by atoms with Crippen molar-refractivity contribution in [2.24, 2.45) is 0 Å². The molecule has 1 aliphatic heterocycles. The Morgan fingerprint density at radius 3 is 2.41 bits per heavy atom. The number of hydrogen-bond acceptors (Lipinski definition) is 10. The molecular formula is C19H22N6S4. The van der Waals surface area contributed by atoms with E-state index in [9.17, 15) is 0 Å². The topological polar surface area (TPSA) is 67.7 Å². The van der Waals surface area contributed by atoms with Crippen molar-refractivity contribution in [3.63, 3.8) is 0 Å². The van der Waals surface area contributed by atoms with Gasteiger partial charge in [0.2, 0.25) is 0 Å². The SMILES string of the molecule is CN1CCC=C(c2nsnc2SCCCCSc2nsnc2-c2cccnc2)C1. The van der Waals surface area contributed by atoms with E-state index in [1.807, 2.05) is 30.1 Å². The zero-order valence-corrected chi connectivity index (χ0v) is 19.4. The second-order valence-electron chi connectivity index (χ2n) is 6.74. The minimum Gasteiger partial charge on any atom is -0.302 e. The summed E-state index contributed by atoms with van der Waals surface area (Å²) in [6.45, 7) is 2.09. The highest BCUT2D eigenvalue weighted by Gasteiger charge is 2.17. The van der Waals surface area contributed by atoms with Crippen LogP contribution in [0.4, 0.5) is 0 Å². The molecule has 1 aliphatic rings. The maximum Gasteiger partial charge on any atom is 0.138 e. The lowest BCUT2D eigenvalue weighted by Crippen LogP contribution is -2.25. The van der Waals surface area contributed by atoms with Crippen molar-refractivity contribution in [1.29, 1.82) is 0 Å². The maximum absolute atomic E-state index is 4.55. The Hall–Kier alpha value is -1.33. The fourth-order valence-electron chi connectivity index (χ4n) is 3.03. The largest absolute Gasteiger partial charge is 0.302 e. The molecule has 29 heavy (non-hydrogen) atoms. The molecule has 3 aromatic heterocycles. The minimum absolute atomic E-state index is 0.950. The lowest BCUT2D eigenvalue weighted by molar-refractivity contribution is 0.372. The van der Waals surface area contributed by atoms with Gasteiger partial charge in [0, 0.05) is 31.0 Å². The Morgan fingerprint density at radius 2 is 1.72 bits per heavy atom. The van der Waals surface area contributed by atoms with Crippen LogP contribution in [-0.2, 0) is 0 Å². The van der Waals surface area contributed by atoms with Gasteiger partial charge in [0.25, 0.3) is 0 Å². The zero-order valence-electron chi connectivity index (χ0n) is 16.2. The number of likely N-dealkylation sites (N-methyl/N-ethyl adjacent to an activating group) is 1.